The molecule has 1 fully saturated rings. The normalized spacial score (nSPS) is 12.9. The summed E-state index contributed by atoms with van der Waals surface area (Å²) in [6.45, 7) is 5.04. The van der Waals surface area contributed by atoms with E-state index >= 15 is 0 Å². The van der Waals surface area contributed by atoms with E-state index < -0.39 is 0 Å². The molecule has 0 saturated heterocycles. The van der Waals surface area contributed by atoms with Gasteiger partial charge >= 0.3 is 6.03 Å². The Morgan fingerprint density at radius 1 is 1.14 bits per heavy atom. The lowest BCUT2D eigenvalue weighted by Gasteiger charge is -2.23. The topological polar surface area (TPSA) is 70.7 Å². The van der Waals surface area contributed by atoms with E-state index in [0.717, 1.165) is 24.2 Å². The van der Waals surface area contributed by atoms with Gasteiger partial charge < -0.3 is 20.3 Å². The van der Waals surface area contributed by atoms with E-state index in [1.54, 1.807) is 24.3 Å². The summed E-state index contributed by atoms with van der Waals surface area (Å²) >= 11 is 0. The summed E-state index contributed by atoms with van der Waals surface area (Å²) in [6.07, 6.45) is 2.02. The van der Waals surface area contributed by atoms with E-state index in [1.807, 2.05) is 36.9 Å². The number of anilines is 1. The Morgan fingerprint density at radius 3 is 2.54 bits per heavy atom. The van der Waals surface area contributed by atoms with Gasteiger partial charge in [-0.1, -0.05) is 29.8 Å². The summed E-state index contributed by atoms with van der Waals surface area (Å²) in [5.41, 5.74) is 2.94. The number of hydrogen-bond acceptors (Lipinski definition) is 3. The number of ether oxygens (including phenoxy) is 1. The lowest BCUT2D eigenvalue weighted by atomic mass is 10.1. The Labute approximate surface area is 165 Å². The average molecular weight is 381 g/mol. The first-order valence-corrected chi connectivity index (χ1v) is 9.68. The molecule has 148 valence electrons. The van der Waals surface area contributed by atoms with Gasteiger partial charge in [0.1, 0.15) is 5.75 Å². The van der Waals surface area contributed by atoms with E-state index in [2.05, 4.69) is 16.7 Å². The van der Waals surface area contributed by atoms with Crippen molar-refractivity contribution in [1.29, 1.82) is 0 Å². The Bertz CT molecular complexity index is 816. The highest BCUT2D eigenvalue weighted by Gasteiger charge is 2.32. The molecule has 1 aliphatic carbocycles. The van der Waals surface area contributed by atoms with E-state index in [9.17, 15) is 9.59 Å². The molecule has 28 heavy (non-hydrogen) atoms. The maximum Gasteiger partial charge on any atom is 0.318 e. The van der Waals surface area contributed by atoms with Crippen LogP contribution in [0.2, 0.25) is 0 Å². The Morgan fingerprint density at radius 2 is 1.89 bits per heavy atom. The minimum Gasteiger partial charge on any atom is -0.494 e. The zero-order chi connectivity index (χ0) is 19.9. The van der Waals surface area contributed by atoms with Gasteiger partial charge in [-0.25, -0.2) is 4.79 Å². The molecule has 3 amide bonds. The summed E-state index contributed by atoms with van der Waals surface area (Å²) in [4.78, 5) is 26.6. The molecule has 0 heterocycles. The van der Waals surface area contributed by atoms with Gasteiger partial charge in [0.05, 0.1) is 13.2 Å². The fourth-order valence-corrected chi connectivity index (χ4v) is 3.02. The van der Waals surface area contributed by atoms with Crippen molar-refractivity contribution in [3.05, 3.63) is 59.7 Å². The minimum absolute atomic E-state index is 0.0664. The number of nitrogens with zero attached hydrogens (tertiary/aromatic N) is 1. The van der Waals surface area contributed by atoms with Crippen molar-refractivity contribution in [2.45, 2.75) is 39.3 Å². The monoisotopic (exact) mass is 381 g/mol. The number of carbonyl (C=O) groups excluding carboxylic acids is 2. The van der Waals surface area contributed by atoms with Gasteiger partial charge in [-0.2, -0.15) is 0 Å². The van der Waals surface area contributed by atoms with Crippen molar-refractivity contribution in [3.63, 3.8) is 0 Å². The number of aryl methyl sites for hydroxylation is 1. The number of rotatable bonds is 8. The van der Waals surface area contributed by atoms with E-state index in [1.165, 1.54) is 5.56 Å². The summed E-state index contributed by atoms with van der Waals surface area (Å²) < 4.78 is 5.38. The van der Waals surface area contributed by atoms with Crippen LogP contribution in [0.5, 0.6) is 5.75 Å². The van der Waals surface area contributed by atoms with Gasteiger partial charge in [-0.05, 0) is 56.5 Å². The van der Waals surface area contributed by atoms with Gasteiger partial charge in [0.15, 0.2) is 0 Å². The molecule has 1 saturated carbocycles. The standard InChI is InChI=1S/C22H27N3O3/c1-3-28-20-11-7-18(8-12-20)24-21(26)14-23-22(27)25(19-9-10-19)15-17-6-4-5-16(2)13-17/h4-8,11-13,19H,3,9-10,14-15H2,1-2H3,(H,23,27)(H,24,26). The van der Waals surface area contributed by atoms with Crippen molar-refractivity contribution < 1.29 is 14.3 Å². The molecule has 0 aromatic heterocycles. The fraction of sp³-hybridized carbons (Fsp3) is 0.364. The highest BCUT2D eigenvalue weighted by molar-refractivity contribution is 5.94. The molecule has 1 aliphatic rings. The van der Waals surface area contributed by atoms with Crippen molar-refractivity contribution >= 4 is 17.6 Å². The molecule has 2 aromatic carbocycles. The van der Waals surface area contributed by atoms with Crippen LogP contribution in [0.25, 0.3) is 0 Å². The van der Waals surface area contributed by atoms with Gasteiger partial charge in [0, 0.05) is 18.3 Å². The molecular formula is C22H27N3O3. The van der Waals surface area contributed by atoms with Crippen LogP contribution in [0.1, 0.15) is 30.9 Å². The van der Waals surface area contributed by atoms with Crippen LogP contribution >= 0.6 is 0 Å². The van der Waals surface area contributed by atoms with Crippen molar-refractivity contribution in [2.24, 2.45) is 0 Å². The van der Waals surface area contributed by atoms with Crippen LogP contribution in [0.3, 0.4) is 0 Å². The molecule has 0 unspecified atom stereocenters. The van der Waals surface area contributed by atoms with Gasteiger partial charge in [-0.15, -0.1) is 0 Å². The molecule has 0 aliphatic heterocycles. The number of urea groups is 1. The number of amides is 3. The zero-order valence-corrected chi connectivity index (χ0v) is 16.4. The first kappa shape index (κ1) is 19.7. The number of carbonyl (C=O) groups is 2. The summed E-state index contributed by atoms with van der Waals surface area (Å²) in [7, 11) is 0. The quantitative estimate of drug-likeness (QED) is 0.732. The number of hydrogen-bond donors (Lipinski definition) is 2. The van der Waals surface area contributed by atoms with Crippen LogP contribution < -0.4 is 15.4 Å². The molecule has 6 heteroatoms. The minimum atomic E-state index is -0.260. The van der Waals surface area contributed by atoms with Crippen molar-refractivity contribution in [2.75, 3.05) is 18.5 Å². The third kappa shape index (κ3) is 5.74. The van der Waals surface area contributed by atoms with E-state index in [0.29, 0.717) is 18.8 Å². The Balaban J connectivity index is 1.50. The highest BCUT2D eigenvalue weighted by atomic mass is 16.5. The van der Waals surface area contributed by atoms with Gasteiger partial charge in [0.25, 0.3) is 0 Å². The third-order valence-electron chi connectivity index (χ3n) is 4.53. The highest BCUT2D eigenvalue weighted by Crippen LogP contribution is 2.28. The van der Waals surface area contributed by atoms with Gasteiger partial charge in [0.2, 0.25) is 5.91 Å². The van der Waals surface area contributed by atoms with Gasteiger partial charge in [-0.3, -0.25) is 4.79 Å². The maximum atomic E-state index is 12.6. The third-order valence-corrected chi connectivity index (χ3v) is 4.53. The zero-order valence-electron chi connectivity index (χ0n) is 16.4. The molecule has 2 aromatic rings. The molecule has 6 nitrogen and oxygen atoms in total. The number of benzene rings is 2. The fourth-order valence-electron chi connectivity index (χ4n) is 3.02. The summed E-state index contributed by atoms with van der Waals surface area (Å²) in [5.74, 6) is 0.494. The first-order chi connectivity index (χ1) is 13.5. The Hall–Kier alpha value is -3.02. The molecule has 2 N–H and O–H groups in total. The van der Waals surface area contributed by atoms with Crippen molar-refractivity contribution in [1.82, 2.24) is 10.2 Å². The van der Waals surface area contributed by atoms with Crippen LogP contribution in [0.4, 0.5) is 10.5 Å². The van der Waals surface area contributed by atoms with Crippen LogP contribution in [0.15, 0.2) is 48.5 Å². The van der Waals surface area contributed by atoms with Crippen LogP contribution in [-0.4, -0.2) is 36.0 Å². The predicted molar refractivity (Wildman–Crippen MR) is 109 cm³/mol. The van der Waals surface area contributed by atoms with Crippen LogP contribution in [-0.2, 0) is 11.3 Å². The smallest absolute Gasteiger partial charge is 0.318 e. The Kier molecular flexibility index (Phi) is 6.53. The molecule has 0 atom stereocenters. The van der Waals surface area contributed by atoms with Crippen LogP contribution in [0, 0.1) is 6.92 Å². The number of nitrogens with one attached hydrogen (secondary N) is 2. The average Bonchev–Trinajstić information content (AvgIpc) is 3.51. The lowest BCUT2D eigenvalue weighted by Crippen LogP contribution is -2.43. The van der Waals surface area contributed by atoms with E-state index in [4.69, 9.17) is 4.74 Å². The second kappa shape index (κ2) is 9.26. The molecule has 0 spiro atoms. The summed E-state index contributed by atoms with van der Waals surface area (Å²) in [6, 6.07) is 15.4. The molecule has 0 radical (unpaired) electrons. The molecule has 0 bridgehead atoms. The molecular weight excluding hydrogens is 354 g/mol. The summed E-state index contributed by atoms with van der Waals surface area (Å²) in [5, 5.41) is 5.52. The largest absolute Gasteiger partial charge is 0.494 e. The second-order valence-electron chi connectivity index (χ2n) is 7.01. The first-order valence-electron chi connectivity index (χ1n) is 9.68. The SMILES string of the molecule is CCOc1ccc(NC(=O)CNC(=O)N(Cc2cccc(C)c2)C2CC2)cc1. The predicted octanol–water partition coefficient (Wildman–Crippen LogP) is 3.71. The van der Waals surface area contributed by atoms with E-state index in [-0.39, 0.29) is 24.5 Å². The van der Waals surface area contributed by atoms with Crippen molar-refractivity contribution in [3.8, 4) is 5.75 Å². The maximum absolute atomic E-state index is 12.6. The second-order valence-corrected chi connectivity index (χ2v) is 7.01. The lowest BCUT2D eigenvalue weighted by molar-refractivity contribution is -0.115. The molecule has 3 rings (SSSR count).